The molecule has 0 aromatic heterocycles. The van der Waals surface area contributed by atoms with Crippen molar-refractivity contribution in [3.05, 3.63) is 32.7 Å². The van der Waals surface area contributed by atoms with Crippen LogP contribution in [0.15, 0.2) is 27.1 Å². The highest BCUT2D eigenvalue weighted by atomic mass is 79.9. The fourth-order valence-corrected chi connectivity index (χ4v) is 3.29. The highest BCUT2D eigenvalue weighted by Crippen LogP contribution is 2.42. The molecule has 94 valence electrons. The van der Waals surface area contributed by atoms with Gasteiger partial charge in [0, 0.05) is 22.1 Å². The van der Waals surface area contributed by atoms with Gasteiger partial charge in [-0.25, -0.2) is 0 Å². The van der Waals surface area contributed by atoms with Crippen LogP contribution in [0, 0.1) is 0 Å². The Morgan fingerprint density at radius 3 is 2.65 bits per heavy atom. The summed E-state index contributed by atoms with van der Waals surface area (Å²) in [5, 5.41) is 0. The van der Waals surface area contributed by atoms with E-state index in [2.05, 4.69) is 37.9 Å². The lowest BCUT2D eigenvalue weighted by Gasteiger charge is -2.42. The molecule has 0 radical (unpaired) electrons. The van der Waals surface area contributed by atoms with Crippen LogP contribution in [0.25, 0.3) is 0 Å². The second kappa shape index (κ2) is 5.39. The van der Waals surface area contributed by atoms with Gasteiger partial charge in [-0.3, -0.25) is 0 Å². The molecule has 0 amide bonds. The van der Waals surface area contributed by atoms with Crippen molar-refractivity contribution in [1.29, 1.82) is 0 Å². The lowest BCUT2D eigenvalue weighted by molar-refractivity contribution is -0.0817. The Morgan fingerprint density at radius 1 is 1.41 bits per heavy atom. The molecule has 2 N–H and O–H groups in total. The van der Waals surface area contributed by atoms with E-state index in [0.29, 0.717) is 0 Å². The number of rotatable bonds is 4. The first kappa shape index (κ1) is 13.5. The van der Waals surface area contributed by atoms with Crippen molar-refractivity contribution in [3.8, 4) is 0 Å². The van der Waals surface area contributed by atoms with Crippen molar-refractivity contribution in [1.82, 2.24) is 0 Å². The summed E-state index contributed by atoms with van der Waals surface area (Å²) in [4.78, 5) is 0. The summed E-state index contributed by atoms with van der Waals surface area (Å²) < 4.78 is 7.76. The SMILES string of the molecule is COC1(CC(N)c2cc(Br)ccc2Br)CCC1. The number of methoxy groups -OCH3 is 1. The van der Waals surface area contributed by atoms with Crippen LogP contribution in [0.2, 0.25) is 0 Å². The smallest absolute Gasteiger partial charge is 0.0696 e. The fraction of sp³-hybridized carbons (Fsp3) is 0.538. The van der Waals surface area contributed by atoms with Gasteiger partial charge in [-0.2, -0.15) is 0 Å². The average molecular weight is 363 g/mol. The van der Waals surface area contributed by atoms with E-state index < -0.39 is 0 Å². The van der Waals surface area contributed by atoms with Gasteiger partial charge in [0.05, 0.1) is 5.60 Å². The minimum atomic E-state index is 0.0151. The average Bonchev–Trinajstić information content (AvgIpc) is 2.26. The van der Waals surface area contributed by atoms with Crippen molar-refractivity contribution >= 4 is 31.9 Å². The molecule has 1 aromatic rings. The summed E-state index contributed by atoms with van der Waals surface area (Å²) in [5.41, 5.74) is 7.46. The third kappa shape index (κ3) is 2.92. The Bertz CT molecular complexity index is 399. The van der Waals surface area contributed by atoms with Gasteiger partial charge in [-0.15, -0.1) is 0 Å². The summed E-state index contributed by atoms with van der Waals surface area (Å²) in [6.45, 7) is 0. The number of hydrogen-bond donors (Lipinski definition) is 1. The summed E-state index contributed by atoms with van der Waals surface area (Å²) in [6.07, 6.45) is 4.39. The topological polar surface area (TPSA) is 35.2 Å². The van der Waals surface area contributed by atoms with Crippen LogP contribution in [0.5, 0.6) is 0 Å². The molecule has 1 saturated carbocycles. The van der Waals surface area contributed by atoms with Gasteiger partial charge in [0.25, 0.3) is 0 Å². The van der Waals surface area contributed by atoms with E-state index in [0.717, 1.165) is 33.8 Å². The minimum absolute atomic E-state index is 0.0151. The standard InChI is InChI=1S/C13H17Br2NO/c1-17-13(5-2-6-13)8-12(16)10-7-9(14)3-4-11(10)15/h3-4,7,12H,2,5-6,8,16H2,1H3. The first-order valence-corrected chi connectivity index (χ1v) is 7.41. The second-order valence-electron chi connectivity index (χ2n) is 4.72. The quantitative estimate of drug-likeness (QED) is 0.872. The normalized spacial score (nSPS) is 19.8. The highest BCUT2D eigenvalue weighted by molar-refractivity contribution is 9.11. The number of hydrogen-bond acceptors (Lipinski definition) is 2. The maximum atomic E-state index is 6.31. The molecule has 1 fully saturated rings. The number of nitrogens with two attached hydrogens (primary N) is 1. The molecule has 1 unspecified atom stereocenters. The van der Waals surface area contributed by atoms with Gasteiger partial charge in [0.2, 0.25) is 0 Å². The van der Waals surface area contributed by atoms with Crippen LogP contribution >= 0.6 is 31.9 Å². The minimum Gasteiger partial charge on any atom is -0.378 e. The van der Waals surface area contributed by atoms with Crippen molar-refractivity contribution in [2.24, 2.45) is 5.73 Å². The Labute approximate surface area is 119 Å². The summed E-state index contributed by atoms with van der Waals surface area (Å²) in [7, 11) is 1.79. The molecule has 0 saturated heterocycles. The molecule has 2 nitrogen and oxygen atoms in total. The molecule has 0 spiro atoms. The molecule has 1 aliphatic carbocycles. The number of benzene rings is 1. The van der Waals surface area contributed by atoms with Gasteiger partial charge in [-0.05, 0) is 49.4 Å². The molecular formula is C13H17Br2NO. The van der Waals surface area contributed by atoms with E-state index in [9.17, 15) is 0 Å². The van der Waals surface area contributed by atoms with Crippen molar-refractivity contribution in [3.63, 3.8) is 0 Å². The zero-order valence-electron chi connectivity index (χ0n) is 9.88. The predicted molar refractivity (Wildman–Crippen MR) is 77.0 cm³/mol. The van der Waals surface area contributed by atoms with Crippen LogP contribution in [-0.2, 0) is 4.74 Å². The lowest BCUT2D eigenvalue weighted by atomic mass is 9.75. The Kier molecular flexibility index (Phi) is 4.29. The second-order valence-corrected chi connectivity index (χ2v) is 6.49. The maximum Gasteiger partial charge on any atom is 0.0696 e. The summed E-state index contributed by atoms with van der Waals surface area (Å²) >= 11 is 7.04. The molecular weight excluding hydrogens is 346 g/mol. The van der Waals surface area contributed by atoms with E-state index in [1.54, 1.807) is 7.11 Å². The summed E-state index contributed by atoms with van der Waals surface area (Å²) in [6, 6.07) is 6.13. The number of halogens is 2. The highest BCUT2D eigenvalue weighted by Gasteiger charge is 2.38. The monoisotopic (exact) mass is 361 g/mol. The molecule has 0 aliphatic heterocycles. The zero-order chi connectivity index (χ0) is 12.5. The first-order chi connectivity index (χ1) is 8.06. The maximum absolute atomic E-state index is 6.31. The summed E-state index contributed by atoms with van der Waals surface area (Å²) in [5.74, 6) is 0. The Morgan fingerprint density at radius 2 is 2.12 bits per heavy atom. The molecule has 0 heterocycles. The van der Waals surface area contributed by atoms with Gasteiger partial charge in [0.15, 0.2) is 0 Å². The van der Waals surface area contributed by atoms with Gasteiger partial charge < -0.3 is 10.5 Å². The van der Waals surface area contributed by atoms with Crippen LogP contribution in [0.4, 0.5) is 0 Å². The van der Waals surface area contributed by atoms with Crippen LogP contribution in [0.3, 0.4) is 0 Å². The Hall–Kier alpha value is 0.1000. The Balaban J connectivity index is 2.13. The van der Waals surface area contributed by atoms with Crippen molar-refractivity contribution in [2.45, 2.75) is 37.3 Å². The molecule has 2 rings (SSSR count). The van der Waals surface area contributed by atoms with E-state index in [1.165, 1.54) is 6.42 Å². The first-order valence-electron chi connectivity index (χ1n) is 5.82. The molecule has 0 bridgehead atoms. The molecule has 1 aliphatic rings. The van der Waals surface area contributed by atoms with Gasteiger partial charge in [-0.1, -0.05) is 31.9 Å². The third-order valence-corrected chi connectivity index (χ3v) is 4.86. The van der Waals surface area contributed by atoms with Crippen molar-refractivity contribution < 1.29 is 4.74 Å². The fourth-order valence-electron chi connectivity index (χ4n) is 2.37. The van der Waals surface area contributed by atoms with Gasteiger partial charge >= 0.3 is 0 Å². The van der Waals surface area contributed by atoms with Gasteiger partial charge in [0.1, 0.15) is 0 Å². The van der Waals surface area contributed by atoms with Crippen LogP contribution in [0.1, 0.15) is 37.3 Å². The van der Waals surface area contributed by atoms with Crippen molar-refractivity contribution in [2.75, 3.05) is 7.11 Å². The molecule has 4 heteroatoms. The van der Waals surface area contributed by atoms with E-state index in [-0.39, 0.29) is 11.6 Å². The molecule has 1 atom stereocenters. The van der Waals surface area contributed by atoms with Crippen LogP contribution < -0.4 is 5.73 Å². The number of ether oxygens (including phenoxy) is 1. The molecule has 17 heavy (non-hydrogen) atoms. The predicted octanol–water partition coefficient (Wildman–Crippen LogP) is 4.17. The van der Waals surface area contributed by atoms with E-state index in [1.807, 2.05) is 12.1 Å². The van der Waals surface area contributed by atoms with Crippen LogP contribution in [-0.4, -0.2) is 12.7 Å². The van der Waals surface area contributed by atoms with E-state index >= 15 is 0 Å². The molecule has 1 aromatic carbocycles. The zero-order valence-corrected chi connectivity index (χ0v) is 13.1. The third-order valence-electron chi connectivity index (χ3n) is 3.65. The largest absolute Gasteiger partial charge is 0.378 e. The lowest BCUT2D eigenvalue weighted by Crippen LogP contribution is -2.41. The van der Waals surface area contributed by atoms with E-state index in [4.69, 9.17) is 10.5 Å².